The lowest BCUT2D eigenvalue weighted by atomic mass is 10.0. The van der Waals surface area contributed by atoms with Crippen molar-refractivity contribution >= 4 is 6.08 Å². The van der Waals surface area contributed by atoms with E-state index in [1.807, 2.05) is 24.4 Å². The first kappa shape index (κ1) is 14.0. The molecule has 0 saturated carbocycles. The maximum atomic E-state index is 4.38. The largest absolute Gasteiger partial charge is 0.293 e. The van der Waals surface area contributed by atoms with Gasteiger partial charge in [-0.2, -0.15) is 0 Å². The van der Waals surface area contributed by atoms with Crippen LogP contribution in [-0.2, 0) is 0 Å². The molecule has 0 radical (unpaired) electrons. The molecule has 2 aromatic rings. The smallest absolute Gasteiger partial charge is 0.0627 e. The number of hydrogen-bond acceptors (Lipinski definition) is 2. The molecule has 0 aliphatic carbocycles. The highest BCUT2D eigenvalue weighted by molar-refractivity contribution is 5.46. The minimum absolute atomic E-state index is 0.357. The van der Waals surface area contributed by atoms with Crippen LogP contribution in [0.1, 0.15) is 35.7 Å². The van der Waals surface area contributed by atoms with Crippen molar-refractivity contribution in [3.05, 3.63) is 71.6 Å². The van der Waals surface area contributed by atoms with Crippen molar-refractivity contribution in [3.8, 4) is 0 Å². The first-order chi connectivity index (χ1) is 10.3. The van der Waals surface area contributed by atoms with Gasteiger partial charge < -0.3 is 0 Å². The van der Waals surface area contributed by atoms with Crippen molar-refractivity contribution in [2.45, 2.75) is 25.8 Å². The molecule has 3 rings (SSSR count). The number of aromatic nitrogens is 1. The third-order valence-electron chi connectivity index (χ3n) is 4.09. The zero-order valence-electron chi connectivity index (χ0n) is 12.6. The number of benzene rings is 1. The van der Waals surface area contributed by atoms with Gasteiger partial charge in [-0.05, 0) is 56.6 Å². The predicted molar refractivity (Wildman–Crippen MR) is 88.0 cm³/mol. The third kappa shape index (κ3) is 3.59. The predicted octanol–water partition coefficient (Wildman–Crippen LogP) is 4.24. The molecule has 21 heavy (non-hydrogen) atoms. The van der Waals surface area contributed by atoms with Gasteiger partial charge in [0, 0.05) is 6.20 Å². The first-order valence-electron chi connectivity index (χ1n) is 7.73. The van der Waals surface area contributed by atoms with E-state index in [9.17, 15) is 0 Å². The molecule has 0 bridgehead atoms. The van der Waals surface area contributed by atoms with Crippen molar-refractivity contribution in [2.24, 2.45) is 0 Å². The molecule has 2 heterocycles. The van der Waals surface area contributed by atoms with Crippen LogP contribution >= 0.6 is 0 Å². The maximum Gasteiger partial charge on any atom is 0.0627 e. The molecule has 108 valence electrons. The number of nitrogens with zero attached hydrogens (tertiary/aromatic N) is 2. The monoisotopic (exact) mass is 278 g/mol. The SMILES string of the molecule is Cc1ccc(C(C=Cc2ccccn2)N2CCCC2)cc1. The molecule has 1 unspecified atom stereocenters. The lowest BCUT2D eigenvalue weighted by molar-refractivity contribution is 0.289. The number of hydrogen-bond donors (Lipinski definition) is 0. The van der Waals surface area contributed by atoms with E-state index in [0.29, 0.717) is 6.04 Å². The van der Waals surface area contributed by atoms with Crippen molar-refractivity contribution in [1.29, 1.82) is 0 Å². The van der Waals surface area contributed by atoms with Gasteiger partial charge in [0.15, 0.2) is 0 Å². The fourth-order valence-electron chi connectivity index (χ4n) is 2.89. The van der Waals surface area contributed by atoms with Gasteiger partial charge in [0.2, 0.25) is 0 Å². The summed E-state index contributed by atoms with van der Waals surface area (Å²) in [6.07, 6.45) is 8.89. The maximum absolute atomic E-state index is 4.38. The van der Waals surface area contributed by atoms with Crippen LogP contribution in [0.2, 0.25) is 0 Å². The van der Waals surface area contributed by atoms with Gasteiger partial charge in [-0.25, -0.2) is 0 Å². The second-order valence-corrected chi connectivity index (χ2v) is 5.71. The Morgan fingerprint density at radius 1 is 1.05 bits per heavy atom. The summed E-state index contributed by atoms with van der Waals surface area (Å²) in [5.41, 5.74) is 3.70. The van der Waals surface area contributed by atoms with Crippen LogP contribution in [0, 0.1) is 6.92 Å². The Morgan fingerprint density at radius 2 is 1.81 bits per heavy atom. The van der Waals surface area contributed by atoms with E-state index in [2.05, 4.69) is 53.2 Å². The van der Waals surface area contributed by atoms with Crippen molar-refractivity contribution < 1.29 is 0 Å². The molecule has 0 N–H and O–H groups in total. The minimum Gasteiger partial charge on any atom is -0.293 e. The lowest BCUT2D eigenvalue weighted by Gasteiger charge is -2.25. The molecule has 0 spiro atoms. The van der Waals surface area contributed by atoms with Gasteiger partial charge in [0.05, 0.1) is 11.7 Å². The van der Waals surface area contributed by atoms with Crippen LogP contribution in [0.25, 0.3) is 6.08 Å². The number of likely N-dealkylation sites (tertiary alicyclic amines) is 1. The highest BCUT2D eigenvalue weighted by atomic mass is 15.2. The molecule has 1 aromatic heterocycles. The van der Waals surface area contributed by atoms with Crippen LogP contribution in [0.15, 0.2) is 54.7 Å². The highest BCUT2D eigenvalue weighted by Crippen LogP contribution is 2.27. The summed E-state index contributed by atoms with van der Waals surface area (Å²) in [6, 6.07) is 15.3. The van der Waals surface area contributed by atoms with Crippen LogP contribution in [0.4, 0.5) is 0 Å². The Kier molecular flexibility index (Phi) is 4.46. The average molecular weight is 278 g/mol. The summed E-state index contributed by atoms with van der Waals surface area (Å²) >= 11 is 0. The summed E-state index contributed by atoms with van der Waals surface area (Å²) in [5.74, 6) is 0. The van der Waals surface area contributed by atoms with E-state index in [0.717, 1.165) is 5.69 Å². The quantitative estimate of drug-likeness (QED) is 0.831. The molecular formula is C19H22N2. The summed E-state index contributed by atoms with van der Waals surface area (Å²) in [6.45, 7) is 4.51. The van der Waals surface area contributed by atoms with Gasteiger partial charge in [-0.1, -0.05) is 42.0 Å². The van der Waals surface area contributed by atoms with Gasteiger partial charge in [-0.15, -0.1) is 0 Å². The Balaban J connectivity index is 1.85. The summed E-state index contributed by atoms with van der Waals surface area (Å²) in [5, 5.41) is 0. The molecule has 1 aliphatic rings. The van der Waals surface area contributed by atoms with Crippen LogP contribution < -0.4 is 0 Å². The fourth-order valence-corrected chi connectivity index (χ4v) is 2.89. The van der Waals surface area contributed by atoms with Gasteiger partial charge in [0.25, 0.3) is 0 Å². The van der Waals surface area contributed by atoms with E-state index in [1.54, 1.807) is 0 Å². The molecule has 2 heteroatoms. The summed E-state index contributed by atoms with van der Waals surface area (Å²) < 4.78 is 0. The first-order valence-corrected chi connectivity index (χ1v) is 7.73. The Morgan fingerprint density at radius 3 is 2.48 bits per heavy atom. The topological polar surface area (TPSA) is 16.1 Å². The highest BCUT2D eigenvalue weighted by Gasteiger charge is 2.21. The third-order valence-corrected chi connectivity index (χ3v) is 4.09. The molecule has 1 aliphatic heterocycles. The second kappa shape index (κ2) is 6.68. The van der Waals surface area contributed by atoms with Crippen molar-refractivity contribution in [3.63, 3.8) is 0 Å². The standard InChI is InChI=1S/C19H22N2/c1-16-7-9-17(10-8-16)19(21-14-4-5-15-21)12-11-18-6-2-3-13-20-18/h2-3,6-13,19H,4-5,14-15H2,1H3. The van der Waals surface area contributed by atoms with E-state index in [-0.39, 0.29) is 0 Å². The molecule has 1 fully saturated rings. The van der Waals surface area contributed by atoms with Crippen LogP contribution in [0.5, 0.6) is 0 Å². The summed E-state index contributed by atoms with van der Waals surface area (Å²) in [4.78, 5) is 6.94. The van der Waals surface area contributed by atoms with Gasteiger partial charge in [0.1, 0.15) is 0 Å². The van der Waals surface area contributed by atoms with Gasteiger partial charge in [-0.3, -0.25) is 9.88 Å². The Labute approximate surface area is 127 Å². The van der Waals surface area contributed by atoms with Gasteiger partial charge >= 0.3 is 0 Å². The normalized spacial score (nSPS) is 17.4. The van der Waals surface area contributed by atoms with Crippen LogP contribution in [-0.4, -0.2) is 23.0 Å². The van der Waals surface area contributed by atoms with E-state index >= 15 is 0 Å². The molecule has 1 aromatic carbocycles. The molecule has 1 atom stereocenters. The average Bonchev–Trinajstić information content (AvgIpc) is 3.04. The van der Waals surface area contributed by atoms with Crippen molar-refractivity contribution in [2.75, 3.05) is 13.1 Å². The van der Waals surface area contributed by atoms with Crippen molar-refractivity contribution in [1.82, 2.24) is 9.88 Å². The van der Waals surface area contributed by atoms with Crippen LogP contribution in [0.3, 0.4) is 0 Å². The Hall–Kier alpha value is -1.93. The fraction of sp³-hybridized carbons (Fsp3) is 0.316. The zero-order valence-corrected chi connectivity index (χ0v) is 12.6. The second-order valence-electron chi connectivity index (χ2n) is 5.71. The summed E-state index contributed by atoms with van der Waals surface area (Å²) in [7, 11) is 0. The molecule has 2 nitrogen and oxygen atoms in total. The van der Waals surface area contributed by atoms with E-state index in [4.69, 9.17) is 0 Å². The lowest BCUT2D eigenvalue weighted by Crippen LogP contribution is -2.24. The number of aryl methyl sites for hydroxylation is 1. The zero-order chi connectivity index (χ0) is 14.5. The number of rotatable bonds is 4. The minimum atomic E-state index is 0.357. The number of pyridine rings is 1. The van der Waals surface area contributed by atoms with E-state index < -0.39 is 0 Å². The van der Waals surface area contributed by atoms with E-state index in [1.165, 1.54) is 37.1 Å². The molecular weight excluding hydrogens is 256 g/mol. The molecule has 1 saturated heterocycles. The molecule has 0 amide bonds. The Bertz CT molecular complexity index is 581.